The summed E-state index contributed by atoms with van der Waals surface area (Å²) in [7, 11) is -3.55. The molecule has 0 radical (unpaired) electrons. The molecule has 6 atom stereocenters. The fourth-order valence-corrected chi connectivity index (χ4v) is 6.78. The number of sulfonamides is 1. The first-order chi connectivity index (χ1) is 10.5. The van der Waals surface area contributed by atoms with Crippen LogP contribution in [-0.4, -0.2) is 36.7 Å². The van der Waals surface area contributed by atoms with E-state index in [2.05, 4.69) is 0 Å². The van der Waals surface area contributed by atoms with Gasteiger partial charge < -0.3 is 4.74 Å². The Morgan fingerprint density at radius 2 is 1.50 bits per heavy atom. The van der Waals surface area contributed by atoms with Gasteiger partial charge in [0.05, 0.1) is 16.7 Å². The SMILES string of the molecule is O=C1OC(=O)C2C3CC(C12)C1C3N1S(=O)(=O)c1ccccc1. The van der Waals surface area contributed by atoms with Crippen molar-refractivity contribution in [2.75, 3.05) is 0 Å². The highest BCUT2D eigenvalue weighted by Gasteiger charge is 2.78. The molecule has 2 saturated heterocycles. The van der Waals surface area contributed by atoms with Crippen molar-refractivity contribution in [3.8, 4) is 0 Å². The lowest BCUT2D eigenvalue weighted by Gasteiger charge is -2.15. The summed E-state index contributed by atoms with van der Waals surface area (Å²) in [6.45, 7) is 0. The van der Waals surface area contributed by atoms with Gasteiger partial charge in [0.2, 0.25) is 10.0 Å². The Morgan fingerprint density at radius 3 is 2.05 bits per heavy atom. The van der Waals surface area contributed by atoms with Gasteiger partial charge in [-0.05, 0) is 30.4 Å². The summed E-state index contributed by atoms with van der Waals surface area (Å²) in [5, 5.41) is 0. The van der Waals surface area contributed by atoms with E-state index in [1.54, 1.807) is 30.3 Å². The molecule has 0 N–H and O–H groups in total. The average molecular weight is 319 g/mol. The van der Waals surface area contributed by atoms with E-state index in [0.717, 1.165) is 6.42 Å². The van der Waals surface area contributed by atoms with Crippen LogP contribution in [0.3, 0.4) is 0 Å². The minimum absolute atomic E-state index is 0.0718. The Bertz CT molecular complexity index is 772. The van der Waals surface area contributed by atoms with Gasteiger partial charge in [-0.1, -0.05) is 18.2 Å². The number of hydrogen-bond donors (Lipinski definition) is 0. The summed E-state index contributed by atoms with van der Waals surface area (Å²) >= 11 is 0. The first-order valence-electron chi connectivity index (χ1n) is 7.36. The van der Waals surface area contributed by atoms with Crippen molar-refractivity contribution in [2.45, 2.75) is 23.4 Å². The van der Waals surface area contributed by atoms with E-state index < -0.39 is 33.8 Å². The molecule has 4 aliphatic rings. The lowest BCUT2D eigenvalue weighted by molar-refractivity contribution is -0.155. The number of carbonyl (C=O) groups is 2. The highest BCUT2D eigenvalue weighted by atomic mass is 32.2. The van der Waals surface area contributed by atoms with Gasteiger partial charge in [-0.2, -0.15) is 4.31 Å². The molecule has 4 fully saturated rings. The fourth-order valence-electron chi connectivity index (χ4n) is 4.89. The zero-order valence-corrected chi connectivity index (χ0v) is 12.3. The second-order valence-corrected chi connectivity index (χ2v) is 8.33. The smallest absolute Gasteiger partial charge is 0.317 e. The minimum Gasteiger partial charge on any atom is -0.393 e. The standard InChI is InChI=1S/C15H13NO5S/c17-14-10-8-6-9(11(10)15(18)21-14)13-12(8)16(13)22(19,20)7-4-2-1-3-5-7/h1-5,8-13H,6H2. The van der Waals surface area contributed by atoms with Crippen LogP contribution in [0.5, 0.6) is 0 Å². The lowest BCUT2D eigenvalue weighted by atomic mass is 9.81. The average Bonchev–Trinajstić information content (AvgIpc) is 2.85. The second kappa shape index (κ2) is 3.78. The Balaban J connectivity index is 1.52. The molecule has 0 aromatic heterocycles. The predicted molar refractivity (Wildman–Crippen MR) is 72.7 cm³/mol. The second-order valence-electron chi connectivity index (χ2n) is 6.48. The highest BCUT2D eigenvalue weighted by molar-refractivity contribution is 7.89. The molecule has 6 nitrogen and oxygen atoms in total. The molecule has 2 aliphatic heterocycles. The minimum atomic E-state index is -3.55. The summed E-state index contributed by atoms with van der Waals surface area (Å²) < 4.78 is 31.7. The van der Waals surface area contributed by atoms with E-state index in [1.807, 2.05) is 0 Å². The van der Waals surface area contributed by atoms with E-state index >= 15 is 0 Å². The molecule has 1 aromatic carbocycles. The number of cyclic esters (lactones) is 2. The number of benzene rings is 1. The Labute approximate surface area is 127 Å². The molecule has 22 heavy (non-hydrogen) atoms. The lowest BCUT2D eigenvalue weighted by Crippen LogP contribution is -2.29. The van der Waals surface area contributed by atoms with E-state index in [1.165, 1.54) is 4.31 Å². The molecule has 0 spiro atoms. The van der Waals surface area contributed by atoms with Crippen molar-refractivity contribution in [1.82, 2.24) is 4.31 Å². The summed E-state index contributed by atoms with van der Waals surface area (Å²) in [6, 6.07) is 8.01. The first kappa shape index (κ1) is 12.8. The molecule has 2 aliphatic carbocycles. The van der Waals surface area contributed by atoms with Crippen molar-refractivity contribution in [3.05, 3.63) is 30.3 Å². The largest absolute Gasteiger partial charge is 0.393 e. The number of rotatable bonds is 2. The molecule has 6 unspecified atom stereocenters. The molecule has 0 amide bonds. The van der Waals surface area contributed by atoms with Gasteiger partial charge in [0, 0.05) is 12.1 Å². The maximum absolute atomic E-state index is 12.7. The number of nitrogens with zero attached hydrogens (tertiary/aromatic N) is 1. The van der Waals surface area contributed by atoms with Crippen molar-refractivity contribution >= 4 is 22.0 Å². The van der Waals surface area contributed by atoms with Crippen molar-refractivity contribution in [1.29, 1.82) is 0 Å². The van der Waals surface area contributed by atoms with Gasteiger partial charge >= 0.3 is 11.9 Å². The van der Waals surface area contributed by atoms with Crippen LogP contribution >= 0.6 is 0 Å². The third-order valence-electron chi connectivity index (χ3n) is 5.64. The maximum Gasteiger partial charge on any atom is 0.317 e. The molecule has 2 saturated carbocycles. The summed E-state index contributed by atoms with van der Waals surface area (Å²) in [5.41, 5.74) is 0. The number of hydrogen-bond acceptors (Lipinski definition) is 5. The van der Waals surface area contributed by atoms with E-state index in [-0.39, 0.29) is 28.8 Å². The van der Waals surface area contributed by atoms with Crippen LogP contribution in [0.1, 0.15) is 6.42 Å². The van der Waals surface area contributed by atoms with E-state index in [9.17, 15) is 18.0 Å². The monoisotopic (exact) mass is 319 g/mol. The summed E-state index contributed by atoms with van der Waals surface area (Å²) in [6.07, 6.45) is 0.756. The molecule has 7 heteroatoms. The quantitative estimate of drug-likeness (QED) is 0.448. The van der Waals surface area contributed by atoms with E-state index in [0.29, 0.717) is 0 Å². The number of fused-ring (bicyclic) bond motifs is 8. The van der Waals surface area contributed by atoms with Crippen LogP contribution in [0.15, 0.2) is 35.2 Å². The topological polar surface area (TPSA) is 80.5 Å². The summed E-state index contributed by atoms with van der Waals surface area (Å²) in [4.78, 5) is 23.9. The zero-order chi connectivity index (χ0) is 15.2. The Hall–Kier alpha value is -1.73. The van der Waals surface area contributed by atoms with Gasteiger partial charge in [0.25, 0.3) is 0 Å². The highest BCUT2D eigenvalue weighted by Crippen LogP contribution is 2.66. The molecule has 5 rings (SSSR count). The van der Waals surface area contributed by atoms with Crippen LogP contribution in [0.4, 0.5) is 0 Å². The van der Waals surface area contributed by atoms with Crippen LogP contribution < -0.4 is 0 Å². The summed E-state index contributed by atoms with van der Waals surface area (Å²) in [5.74, 6) is -1.95. The predicted octanol–water partition coefficient (Wildman–Crippen LogP) is 0.394. The van der Waals surface area contributed by atoms with Crippen molar-refractivity contribution < 1.29 is 22.7 Å². The third kappa shape index (κ3) is 1.32. The molecule has 2 heterocycles. The normalized spacial score (nSPS) is 44.6. The Morgan fingerprint density at radius 1 is 0.955 bits per heavy atom. The molecular formula is C15H13NO5S. The van der Waals surface area contributed by atoms with Crippen LogP contribution in [0, 0.1) is 23.7 Å². The number of carbonyl (C=O) groups excluding carboxylic acids is 2. The van der Waals surface area contributed by atoms with Crippen LogP contribution in [0.2, 0.25) is 0 Å². The molecule has 114 valence electrons. The van der Waals surface area contributed by atoms with Gasteiger partial charge in [0.1, 0.15) is 0 Å². The van der Waals surface area contributed by atoms with Gasteiger partial charge in [-0.15, -0.1) is 0 Å². The maximum atomic E-state index is 12.7. The number of ether oxygens (including phenoxy) is 1. The number of piperidine rings is 1. The van der Waals surface area contributed by atoms with Gasteiger partial charge in [0.15, 0.2) is 0 Å². The Kier molecular flexibility index (Phi) is 2.19. The molecule has 2 bridgehead atoms. The zero-order valence-electron chi connectivity index (χ0n) is 11.5. The van der Waals surface area contributed by atoms with Crippen molar-refractivity contribution in [3.63, 3.8) is 0 Å². The van der Waals surface area contributed by atoms with Crippen LogP contribution in [-0.2, 0) is 24.3 Å². The van der Waals surface area contributed by atoms with Crippen molar-refractivity contribution in [2.24, 2.45) is 23.7 Å². The van der Waals surface area contributed by atoms with Crippen LogP contribution in [0.25, 0.3) is 0 Å². The first-order valence-corrected chi connectivity index (χ1v) is 8.80. The van der Waals surface area contributed by atoms with Gasteiger partial charge in [-0.3, -0.25) is 9.59 Å². The molecular weight excluding hydrogens is 306 g/mol. The number of esters is 2. The third-order valence-corrected chi connectivity index (χ3v) is 7.55. The fraction of sp³-hybridized carbons (Fsp3) is 0.467. The van der Waals surface area contributed by atoms with E-state index in [4.69, 9.17) is 4.74 Å². The van der Waals surface area contributed by atoms with Gasteiger partial charge in [-0.25, -0.2) is 8.42 Å². The molecule has 1 aromatic rings.